The van der Waals surface area contributed by atoms with Gasteiger partial charge in [0.05, 0.1) is 39.4 Å². The zero-order valence-electron chi connectivity index (χ0n) is 27.2. The smallest absolute Gasteiger partial charge is 0.338 e. The molecule has 1 N–H and O–H groups in total. The Balaban J connectivity index is 1.12. The molecule has 0 unspecified atom stereocenters. The summed E-state index contributed by atoms with van der Waals surface area (Å²) in [7, 11) is 1.85. The summed E-state index contributed by atoms with van der Waals surface area (Å²) in [5, 5.41) is 22.1. The Kier molecular flexibility index (Phi) is 8.92. The van der Waals surface area contributed by atoms with Gasteiger partial charge in [0.1, 0.15) is 35.6 Å². The van der Waals surface area contributed by atoms with Crippen LogP contribution in [-0.4, -0.2) is 80.2 Å². The number of benzene rings is 1. The van der Waals surface area contributed by atoms with Crippen molar-refractivity contribution >= 4 is 55.8 Å². The largest absolute Gasteiger partial charge is 0.491 e. The normalized spacial score (nSPS) is 16.7. The minimum Gasteiger partial charge on any atom is -0.491 e. The van der Waals surface area contributed by atoms with E-state index in [9.17, 15) is 28.7 Å². The van der Waals surface area contributed by atoms with Crippen molar-refractivity contribution in [2.75, 3.05) is 31.6 Å². The van der Waals surface area contributed by atoms with E-state index in [1.807, 2.05) is 11.9 Å². The Bertz CT molecular complexity index is 2240. The van der Waals surface area contributed by atoms with Crippen molar-refractivity contribution in [1.29, 1.82) is 5.26 Å². The molecule has 7 rings (SSSR count). The van der Waals surface area contributed by atoms with Gasteiger partial charge in [-0.25, -0.2) is 23.5 Å². The van der Waals surface area contributed by atoms with Gasteiger partial charge in [-0.15, -0.1) is 11.3 Å². The summed E-state index contributed by atoms with van der Waals surface area (Å²) in [5.74, 6) is -2.34. The van der Waals surface area contributed by atoms with E-state index in [1.54, 1.807) is 42.8 Å². The minimum absolute atomic E-state index is 0.0259. The van der Waals surface area contributed by atoms with E-state index in [2.05, 4.69) is 25.9 Å². The SMILES string of the molecule is Cc1nc2cnc(N(C)C3CCN(C4CC(F)(F)C4)CC3)c(C#N)c2c(=O)n1CCOc1ccc(Cl)cc1-c1ccnc2c(C(=O)O)csc12. The van der Waals surface area contributed by atoms with Crippen LogP contribution in [0.5, 0.6) is 5.75 Å². The lowest BCUT2D eigenvalue weighted by Gasteiger charge is -2.46. The summed E-state index contributed by atoms with van der Waals surface area (Å²) in [4.78, 5) is 43.2. The molecule has 50 heavy (non-hydrogen) atoms. The first-order chi connectivity index (χ1) is 24.0. The van der Waals surface area contributed by atoms with E-state index in [-0.39, 0.29) is 54.6 Å². The number of carbonyl (C=O) groups is 1. The van der Waals surface area contributed by atoms with E-state index < -0.39 is 17.5 Å². The zero-order chi connectivity index (χ0) is 35.3. The fourth-order valence-electron chi connectivity index (χ4n) is 7.03. The van der Waals surface area contributed by atoms with Gasteiger partial charge in [0.2, 0.25) is 0 Å². The summed E-state index contributed by atoms with van der Waals surface area (Å²) >= 11 is 7.64. The number of alkyl halides is 2. The van der Waals surface area contributed by atoms with Crippen LogP contribution in [0.1, 0.15) is 47.4 Å². The summed E-state index contributed by atoms with van der Waals surface area (Å²) in [6.07, 6.45) is 4.31. The van der Waals surface area contributed by atoms with Gasteiger partial charge in [-0.3, -0.25) is 19.2 Å². The lowest BCUT2D eigenvalue weighted by Crippen LogP contribution is -2.55. The number of carboxylic acids is 1. The fraction of sp³-hybridized carbons (Fsp3) is 0.371. The molecule has 0 amide bonds. The first kappa shape index (κ1) is 33.8. The second-order valence-corrected chi connectivity index (χ2v) is 14.0. The maximum absolute atomic E-state index is 14.0. The molecule has 0 bridgehead atoms. The van der Waals surface area contributed by atoms with Gasteiger partial charge >= 0.3 is 5.97 Å². The number of aryl methyl sites for hydroxylation is 1. The molecule has 2 aliphatic rings. The molecule has 1 aromatic carbocycles. The highest BCUT2D eigenvalue weighted by molar-refractivity contribution is 7.18. The Morgan fingerprint density at radius 1 is 1.22 bits per heavy atom. The molecular weight excluding hydrogens is 688 g/mol. The Morgan fingerprint density at radius 2 is 1.98 bits per heavy atom. The number of fused-ring (bicyclic) bond motifs is 2. The molecule has 1 aliphatic carbocycles. The molecule has 5 aromatic rings. The Hall–Kier alpha value is -4.71. The number of ether oxygens (including phenoxy) is 1. The van der Waals surface area contributed by atoms with E-state index in [0.717, 1.165) is 12.8 Å². The van der Waals surface area contributed by atoms with Crippen molar-refractivity contribution < 1.29 is 23.4 Å². The van der Waals surface area contributed by atoms with E-state index in [0.29, 0.717) is 62.4 Å². The molecule has 0 spiro atoms. The molecule has 258 valence electrons. The first-order valence-electron chi connectivity index (χ1n) is 16.1. The number of pyridine rings is 2. The fourth-order valence-corrected chi connectivity index (χ4v) is 8.23. The number of hydrogen-bond acceptors (Lipinski definition) is 10. The number of piperidine rings is 1. The van der Waals surface area contributed by atoms with E-state index in [1.165, 1.54) is 22.1 Å². The predicted octanol–water partition coefficient (Wildman–Crippen LogP) is 6.38. The maximum atomic E-state index is 14.0. The first-order valence-corrected chi connectivity index (χ1v) is 17.4. The summed E-state index contributed by atoms with van der Waals surface area (Å²) in [5.41, 5.74) is 1.90. The second-order valence-electron chi connectivity index (χ2n) is 12.7. The van der Waals surface area contributed by atoms with Crippen molar-refractivity contribution in [3.8, 4) is 22.9 Å². The molecule has 4 aromatic heterocycles. The molecule has 0 atom stereocenters. The molecular formula is C35H32ClF2N7O4S. The number of rotatable bonds is 9. The van der Waals surface area contributed by atoms with Gasteiger partial charge in [0, 0.05) is 72.8 Å². The number of nitriles is 1. The topological polar surface area (TPSA) is 137 Å². The average Bonchev–Trinajstić information content (AvgIpc) is 3.53. The Labute approximate surface area is 294 Å². The van der Waals surface area contributed by atoms with Gasteiger partial charge in [-0.05, 0) is 44.0 Å². The van der Waals surface area contributed by atoms with Gasteiger partial charge < -0.3 is 14.7 Å². The third-order valence-corrected chi connectivity index (χ3v) is 11.0. The van der Waals surface area contributed by atoms with Crippen molar-refractivity contribution in [2.45, 2.75) is 57.2 Å². The number of hydrogen-bond donors (Lipinski definition) is 1. The number of aromatic carboxylic acids is 1. The van der Waals surface area contributed by atoms with Crippen molar-refractivity contribution in [3.05, 3.63) is 74.4 Å². The molecule has 1 saturated carbocycles. The molecule has 2 fully saturated rings. The summed E-state index contributed by atoms with van der Waals surface area (Å²) in [6, 6.07) is 9.05. The van der Waals surface area contributed by atoms with Crippen molar-refractivity contribution in [2.24, 2.45) is 0 Å². The standard InChI is InChI=1S/C35H32ClF2N7O4S/c1-19-42-27-17-41-32(43(2)21-6-9-44(10-7-21)22-14-35(37,38)15-22)25(16-39)29(27)33(46)45(19)11-12-49-28-4-3-20(36)13-24(28)23-5-8-40-30-26(34(47)48)18-50-31(23)30/h3-5,8,13,17-18,21-22H,6-7,9-12,14-15H2,1-2H3,(H,47,48). The van der Waals surface area contributed by atoms with Crippen molar-refractivity contribution in [3.63, 3.8) is 0 Å². The van der Waals surface area contributed by atoms with Gasteiger partial charge in [0.25, 0.3) is 11.5 Å². The van der Waals surface area contributed by atoms with Crippen LogP contribution in [0.15, 0.2) is 46.8 Å². The third-order valence-electron chi connectivity index (χ3n) is 9.74. The van der Waals surface area contributed by atoms with Gasteiger partial charge in [-0.2, -0.15) is 5.26 Å². The summed E-state index contributed by atoms with van der Waals surface area (Å²) < 4.78 is 35.2. The van der Waals surface area contributed by atoms with Gasteiger partial charge in [0.15, 0.2) is 0 Å². The second kappa shape index (κ2) is 13.2. The lowest BCUT2D eigenvalue weighted by molar-refractivity contribution is -0.127. The van der Waals surface area contributed by atoms with Crippen LogP contribution in [0.25, 0.3) is 32.2 Å². The van der Waals surface area contributed by atoms with Crippen LogP contribution in [0.2, 0.25) is 5.02 Å². The quantitative estimate of drug-likeness (QED) is 0.183. The minimum atomic E-state index is -2.56. The van der Waals surface area contributed by atoms with Crippen LogP contribution in [-0.2, 0) is 6.54 Å². The number of anilines is 1. The maximum Gasteiger partial charge on any atom is 0.338 e. The molecule has 15 heteroatoms. The molecule has 0 radical (unpaired) electrons. The molecule has 1 saturated heterocycles. The average molecular weight is 720 g/mol. The Morgan fingerprint density at radius 3 is 2.68 bits per heavy atom. The highest BCUT2D eigenvalue weighted by atomic mass is 35.5. The van der Waals surface area contributed by atoms with Crippen LogP contribution in [0.3, 0.4) is 0 Å². The highest BCUT2D eigenvalue weighted by Crippen LogP contribution is 2.42. The number of aromatic nitrogens is 4. The van der Waals surface area contributed by atoms with Crippen LogP contribution >= 0.6 is 22.9 Å². The number of carboxylic acid groups (broad SMARTS) is 1. The third kappa shape index (κ3) is 6.14. The highest BCUT2D eigenvalue weighted by Gasteiger charge is 2.48. The van der Waals surface area contributed by atoms with Gasteiger partial charge in [-0.1, -0.05) is 11.6 Å². The van der Waals surface area contributed by atoms with Crippen molar-refractivity contribution in [1.82, 2.24) is 24.4 Å². The number of nitrogens with zero attached hydrogens (tertiary/aromatic N) is 7. The molecule has 5 heterocycles. The van der Waals surface area contributed by atoms with E-state index in [4.69, 9.17) is 16.3 Å². The van der Waals surface area contributed by atoms with E-state index >= 15 is 0 Å². The lowest BCUT2D eigenvalue weighted by atomic mass is 9.85. The number of likely N-dealkylation sites (tertiary alicyclic amines) is 1. The predicted molar refractivity (Wildman–Crippen MR) is 187 cm³/mol. The summed E-state index contributed by atoms with van der Waals surface area (Å²) in [6.45, 7) is 3.26. The van der Waals surface area contributed by atoms with Crippen LogP contribution < -0.4 is 15.2 Å². The number of thiophene rings is 1. The molecule has 1 aliphatic heterocycles. The van der Waals surface area contributed by atoms with Crippen LogP contribution in [0.4, 0.5) is 14.6 Å². The monoisotopic (exact) mass is 719 g/mol. The molecule has 11 nitrogen and oxygen atoms in total. The number of halogens is 3. The van der Waals surface area contributed by atoms with Crippen LogP contribution in [0, 0.1) is 18.3 Å². The zero-order valence-corrected chi connectivity index (χ0v) is 28.8.